The second kappa shape index (κ2) is 18.6. The van der Waals surface area contributed by atoms with Crippen molar-refractivity contribution in [1.82, 2.24) is 0 Å². The Kier molecular flexibility index (Phi) is 18.1. The van der Waals surface area contributed by atoms with Gasteiger partial charge in [-0.25, -0.2) is 4.57 Å². The number of ether oxygens (including phenoxy) is 1. The van der Waals surface area contributed by atoms with Crippen LogP contribution in [0, 0.1) is 0 Å². The molecule has 0 aliphatic rings. The Morgan fingerprint density at radius 2 is 1.45 bits per heavy atom. The fraction of sp³-hybridized carbons (Fsp3) is 0.875. The van der Waals surface area contributed by atoms with Crippen LogP contribution >= 0.6 is 7.82 Å². The first-order valence-corrected chi connectivity index (χ1v) is 13.9. The van der Waals surface area contributed by atoms with Gasteiger partial charge in [0.1, 0.15) is 6.61 Å². The number of phosphoric ester groups is 1. The zero-order chi connectivity index (χ0) is 25.2. The Bertz CT molecular complexity index is 566. The first kappa shape index (κ1) is 32.2. The van der Waals surface area contributed by atoms with Gasteiger partial charge in [0.15, 0.2) is 6.10 Å². The van der Waals surface area contributed by atoms with Gasteiger partial charge in [-0.05, 0) is 6.42 Å². The summed E-state index contributed by atoms with van der Waals surface area (Å²) in [7, 11) is 0.624. The number of hydrogen-bond acceptors (Lipinski definition) is 6. The van der Waals surface area contributed by atoms with E-state index in [4.69, 9.17) is 13.8 Å². The van der Waals surface area contributed by atoms with E-state index in [0.29, 0.717) is 6.42 Å². The minimum Gasteiger partial charge on any atom is -0.461 e. The van der Waals surface area contributed by atoms with Crippen molar-refractivity contribution < 1.29 is 37.6 Å². The van der Waals surface area contributed by atoms with Gasteiger partial charge in [0.25, 0.3) is 0 Å². The molecule has 9 heteroatoms. The van der Waals surface area contributed by atoms with Gasteiger partial charge in [-0.3, -0.25) is 13.8 Å². The van der Waals surface area contributed by atoms with Crippen LogP contribution < -0.4 is 0 Å². The number of likely N-dealkylation sites (N-methyl/N-ethyl adjacent to an activating group) is 1. The van der Waals surface area contributed by atoms with Gasteiger partial charge >= 0.3 is 13.8 Å². The number of quaternary nitrogens is 1. The summed E-state index contributed by atoms with van der Waals surface area (Å²) in [5.41, 5.74) is 0. The number of esters is 1. The molecule has 196 valence electrons. The highest BCUT2D eigenvalue weighted by atomic mass is 31.2. The summed E-state index contributed by atoms with van der Waals surface area (Å²) in [6.45, 7) is 5.79. The maximum Gasteiger partial charge on any atom is 0.472 e. The van der Waals surface area contributed by atoms with E-state index in [9.17, 15) is 19.4 Å². The van der Waals surface area contributed by atoms with Gasteiger partial charge in [0, 0.05) is 0 Å². The Balaban J connectivity index is 4.20. The molecule has 0 aliphatic heterocycles. The fourth-order valence-electron chi connectivity index (χ4n) is 3.40. The molecule has 0 aromatic rings. The van der Waals surface area contributed by atoms with Crippen molar-refractivity contribution in [3.8, 4) is 0 Å². The number of hydrogen-bond donors (Lipinski definition) is 2. The third-order valence-electron chi connectivity index (χ3n) is 5.38. The number of nitrogens with zero attached hydrogens (tertiary/aromatic N) is 1. The first-order valence-electron chi connectivity index (χ1n) is 12.4. The second-order valence-electron chi connectivity index (χ2n) is 9.54. The Morgan fingerprint density at radius 3 is 1.91 bits per heavy atom. The van der Waals surface area contributed by atoms with Crippen molar-refractivity contribution in [1.29, 1.82) is 0 Å². The molecule has 0 heterocycles. The minimum absolute atomic E-state index is 0.0120. The lowest BCUT2D eigenvalue weighted by molar-refractivity contribution is -0.922. The summed E-state index contributed by atoms with van der Waals surface area (Å²) in [5.74, 6) is -0.659. The molecule has 0 bridgehead atoms. The smallest absolute Gasteiger partial charge is 0.461 e. The van der Waals surface area contributed by atoms with Crippen LogP contribution in [-0.4, -0.2) is 67.1 Å². The van der Waals surface area contributed by atoms with Gasteiger partial charge in [-0.1, -0.05) is 90.2 Å². The van der Waals surface area contributed by atoms with E-state index < -0.39 is 26.1 Å². The summed E-state index contributed by atoms with van der Waals surface area (Å²) in [6, 6.07) is 0. The van der Waals surface area contributed by atoms with Crippen molar-refractivity contribution in [2.75, 3.05) is 34.4 Å². The molecule has 0 aromatic heterocycles. The van der Waals surface area contributed by atoms with Crippen LogP contribution in [-0.2, 0) is 23.1 Å². The van der Waals surface area contributed by atoms with Crippen LogP contribution in [0.3, 0.4) is 0 Å². The SMILES string of the molecule is C=CCOC(=O)C[C@@H](OP(=O)(O)OCCCCCCCCCCCCCC)C(O)[N+](C)(C)C. The quantitative estimate of drug-likeness (QED) is 0.0523. The predicted molar refractivity (Wildman–Crippen MR) is 132 cm³/mol. The maximum atomic E-state index is 12.4. The van der Waals surface area contributed by atoms with Crippen LogP contribution in [0.15, 0.2) is 12.7 Å². The van der Waals surface area contributed by atoms with Crippen LogP contribution in [0.2, 0.25) is 0 Å². The van der Waals surface area contributed by atoms with Gasteiger partial charge in [-0.15, -0.1) is 0 Å². The summed E-state index contributed by atoms with van der Waals surface area (Å²) in [6.07, 6.45) is 12.8. The summed E-state index contributed by atoms with van der Waals surface area (Å²) >= 11 is 0. The zero-order valence-electron chi connectivity index (χ0n) is 21.4. The highest BCUT2D eigenvalue weighted by Gasteiger charge is 2.39. The molecule has 3 atom stereocenters. The lowest BCUT2D eigenvalue weighted by Gasteiger charge is -2.34. The number of rotatable bonds is 22. The van der Waals surface area contributed by atoms with Crippen molar-refractivity contribution in [2.45, 2.75) is 103 Å². The second-order valence-corrected chi connectivity index (χ2v) is 10.9. The van der Waals surface area contributed by atoms with Crippen LogP contribution in [0.25, 0.3) is 0 Å². The maximum absolute atomic E-state index is 12.4. The minimum atomic E-state index is -4.43. The van der Waals surface area contributed by atoms with E-state index >= 15 is 0 Å². The van der Waals surface area contributed by atoms with E-state index in [1.54, 1.807) is 21.1 Å². The average molecular weight is 495 g/mol. The standard InChI is InChI=1S/C24H48NO7P/c1-6-8-9-10-11-12-13-14-15-16-17-18-20-31-33(28,29)32-22(24(27)25(3,4)5)21-23(26)30-19-7-2/h7,22,24,27H,2,6,8-21H2,1,3-5H3/p+1/t22-,24?/m1/s1. The van der Waals surface area contributed by atoms with Crippen molar-refractivity contribution in [3.63, 3.8) is 0 Å². The zero-order valence-corrected chi connectivity index (χ0v) is 22.3. The van der Waals surface area contributed by atoms with Crippen LogP contribution in [0.1, 0.15) is 90.4 Å². The van der Waals surface area contributed by atoms with Crippen molar-refractivity contribution in [3.05, 3.63) is 12.7 Å². The Labute approximate surface area is 201 Å². The highest BCUT2D eigenvalue weighted by Crippen LogP contribution is 2.46. The van der Waals surface area contributed by atoms with Crippen molar-refractivity contribution >= 4 is 13.8 Å². The molecule has 2 N–H and O–H groups in total. The lowest BCUT2D eigenvalue weighted by Crippen LogP contribution is -2.52. The number of carbonyl (C=O) groups is 1. The van der Waals surface area contributed by atoms with E-state index in [-0.39, 0.29) is 24.1 Å². The molecule has 0 spiro atoms. The first-order chi connectivity index (χ1) is 15.5. The summed E-state index contributed by atoms with van der Waals surface area (Å²) in [4.78, 5) is 22.0. The van der Waals surface area contributed by atoms with Crippen molar-refractivity contribution in [2.24, 2.45) is 0 Å². The molecule has 0 aromatic carbocycles. The Morgan fingerprint density at radius 1 is 0.970 bits per heavy atom. The van der Waals surface area contributed by atoms with E-state index in [1.807, 2.05) is 0 Å². The molecular formula is C24H49NO7P+. The van der Waals surface area contributed by atoms with Gasteiger partial charge in [-0.2, -0.15) is 0 Å². The average Bonchev–Trinajstić information content (AvgIpc) is 2.73. The Hall–Kier alpha value is -0.760. The number of aliphatic hydroxyl groups excluding tert-OH is 1. The van der Waals surface area contributed by atoms with E-state index in [2.05, 4.69) is 13.5 Å². The molecule has 0 aliphatic carbocycles. The van der Waals surface area contributed by atoms with Crippen LogP contribution in [0.5, 0.6) is 0 Å². The summed E-state index contributed by atoms with van der Waals surface area (Å²) < 4.78 is 27.6. The molecule has 0 fully saturated rings. The molecule has 0 amide bonds. The topological polar surface area (TPSA) is 102 Å². The fourth-order valence-corrected chi connectivity index (χ4v) is 4.34. The van der Waals surface area contributed by atoms with E-state index in [1.165, 1.54) is 57.4 Å². The molecule has 0 saturated carbocycles. The van der Waals surface area contributed by atoms with Gasteiger partial charge in [0.2, 0.25) is 6.23 Å². The predicted octanol–water partition coefficient (Wildman–Crippen LogP) is 5.33. The molecule has 0 saturated heterocycles. The molecule has 0 rings (SSSR count). The molecule has 33 heavy (non-hydrogen) atoms. The normalized spacial score (nSPS) is 15.6. The van der Waals surface area contributed by atoms with Crippen LogP contribution in [0.4, 0.5) is 0 Å². The largest absolute Gasteiger partial charge is 0.472 e. The third kappa shape index (κ3) is 18.3. The number of aliphatic hydroxyl groups is 1. The van der Waals surface area contributed by atoms with E-state index in [0.717, 1.165) is 19.3 Å². The highest BCUT2D eigenvalue weighted by molar-refractivity contribution is 7.47. The van der Waals surface area contributed by atoms with Gasteiger partial charge < -0.3 is 19.2 Å². The number of phosphoric acid groups is 1. The number of carbonyl (C=O) groups excluding carboxylic acids is 1. The molecular weight excluding hydrogens is 445 g/mol. The molecule has 0 radical (unpaired) electrons. The monoisotopic (exact) mass is 494 g/mol. The molecule has 2 unspecified atom stereocenters. The molecule has 8 nitrogen and oxygen atoms in total. The van der Waals surface area contributed by atoms with Gasteiger partial charge in [0.05, 0.1) is 34.2 Å². The number of unbranched alkanes of at least 4 members (excludes halogenated alkanes) is 11. The summed E-state index contributed by atoms with van der Waals surface area (Å²) in [5, 5.41) is 10.5. The lowest BCUT2D eigenvalue weighted by atomic mass is 10.1. The third-order valence-corrected chi connectivity index (χ3v) is 6.42.